The highest BCUT2D eigenvalue weighted by Gasteiger charge is 2.39. The van der Waals surface area contributed by atoms with E-state index in [9.17, 15) is 0 Å². The zero-order chi connectivity index (χ0) is 13.1. The zero-order valence-corrected chi connectivity index (χ0v) is 13.1. The summed E-state index contributed by atoms with van der Waals surface area (Å²) < 4.78 is 3.32. The number of hydrogen-bond donors (Lipinski definition) is 2. The minimum atomic E-state index is 0.511. The first-order valence-corrected chi connectivity index (χ1v) is 7.72. The summed E-state index contributed by atoms with van der Waals surface area (Å²) in [4.78, 5) is 7.06. The van der Waals surface area contributed by atoms with Crippen LogP contribution in [-0.4, -0.2) is 39.8 Å². The fraction of sp³-hybridized carbons (Fsp3) is 0.455. The van der Waals surface area contributed by atoms with Crippen molar-refractivity contribution in [1.82, 2.24) is 19.9 Å². The van der Waals surface area contributed by atoms with E-state index < -0.39 is 0 Å². The standard InChI is InChI=1S/C11H12Br2N6/c12-7-3-16-19-9(14)8(13)11(17-10(7)19)18-4-5-1-6(18)2-15-5/h3,5-6,15H,1-2,4,14H2. The molecule has 19 heavy (non-hydrogen) atoms. The number of nitrogens with two attached hydrogens (primary N) is 1. The summed E-state index contributed by atoms with van der Waals surface area (Å²) >= 11 is 7.03. The molecule has 0 amide bonds. The maximum atomic E-state index is 6.15. The quantitative estimate of drug-likeness (QED) is 0.773. The largest absolute Gasteiger partial charge is 0.383 e. The lowest BCUT2D eigenvalue weighted by molar-refractivity contribution is 0.576. The van der Waals surface area contributed by atoms with Crippen LogP contribution in [0.2, 0.25) is 0 Å². The van der Waals surface area contributed by atoms with Crippen LogP contribution in [0, 0.1) is 0 Å². The van der Waals surface area contributed by atoms with Crippen molar-refractivity contribution in [3.05, 3.63) is 15.1 Å². The molecule has 0 aromatic carbocycles. The molecule has 2 aliphatic rings. The molecule has 0 radical (unpaired) electrons. The van der Waals surface area contributed by atoms with Crippen molar-refractivity contribution in [2.75, 3.05) is 23.7 Å². The number of nitrogen functional groups attached to an aromatic ring is 1. The summed E-state index contributed by atoms with van der Waals surface area (Å²) in [7, 11) is 0. The van der Waals surface area contributed by atoms with Crippen molar-refractivity contribution in [3.8, 4) is 0 Å². The molecule has 2 saturated heterocycles. The van der Waals surface area contributed by atoms with E-state index in [1.807, 2.05) is 0 Å². The number of anilines is 2. The molecule has 4 rings (SSSR count). The topological polar surface area (TPSA) is 71.5 Å². The van der Waals surface area contributed by atoms with E-state index in [4.69, 9.17) is 10.7 Å². The van der Waals surface area contributed by atoms with Gasteiger partial charge in [-0.3, -0.25) is 0 Å². The van der Waals surface area contributed by atoms with Crippen LogP contribution in [0.3, 0.4) is 0 Å². The average molecular weight is 388 g/mol. The molecule has 4 heterocycles. The molecule has 3 N–H and O–H groups in total. The van der Waals surface area contributed by atoms with Gasteiger partial charge in [-0.15, -0.1) is 0 Å². The van der Waals surface area contributed by atoms with Crippen LogP contribution in [0.1, 0.15) is 6.42 Å². The maximum Gasteiger partial charge on any atom is 0.173 e. The number of hydrogen-bond acceptors (Lipinski definition) is 5. The van der Waals surface area contributed by atoms with Crippen molar-refractivity contribution in [2.24, 2.45) is 0 Å². The number of piperazine rings is 1. The minimum absolute atomic E-state index is 0.511. The molecule has 8 heteroatoms. The maximum absolute atomic E-state index is 6.15. The van der Waals surface area contributed by atoms with Gasteiger partial charge in [0.15, 0.2) is 5.65 Å². The van der Waals surface area contributed by atoms with E-state index in [2.05, 4.69) is 47.2 Å². The Balaban J connectivity index is 1.89. The van der Waals surface area contributed by atoms with Gasteiger partial charge in [-0.25, -0.2) is 4.98 Å². The van der Waals surface area contributed by atoms with Gasteiger partial charge in [0.2, 0.25) is 0 Å². The SMILES string of the molecule is Nc1c(Br)c(N2CC3CC2CN3)nc2c(Br)cnn12. The second-order valence-electron chi connectivity index (χ2n) is 5.01. The van der Waals surface area contributed by atoms with Crippen LogP contribution in [0.4, 0.5) is 11.6 Å². The Kier molecular flexibility index (Phi) is 2.55. The zero-order valence-electron chi connectivity index (χ0n) is 9.98. The molecular weight excluding hydrogens is 376 g/mol. The third-order valence-electron chi connectivity index (χ3n) is 3.89. The molecule has 2 bridgehead atoms. The van der Waals surface area contributed by atoms with E-state index >= 15 is 0 Å². The molecular formula is C11H12Br2N6. The monoisotopic (exact) mass is 386 g/mol. The van der Waals surface area contributed by atoms with Gasteiger partial charge in [0.1, 0.15) is 16.1 Å². The molecule has 100 valence electrons. The fourth-order valence-electron chi connectivity index (χ4n) is 2.97. The van der Waals surface area contributed by atoms with Crippen molar-refractivity contribution >= 4 is 49.1 Å². The molecule has 0 spiro atoms. The summed E-state index contributed by atoms with van der Waals surface area (Å²) in [5.74, 6) is 1.50. The number of halogens is 2. The first kappa shape index (κ1) is 11.9. The van der Waals surface area contributed by atoms with Gasteiger partial charge in [-0.2, -0.15) is 9.61 Å². The number of nitrogens with one attached hydrogen (secondary N) is 1. The predicted molar refractivity (Wildman–Crippen MR) is 80.3 cm³/mol. The van der Waals surface area contributed by atoms with E-state index in [-0.39, 0.29) is 0 Å². The van der Waals surface area contributed by atoms with Gasteiger partial charge in [-0.1, -0.05) is 0 Å². The van der Waals surface area contributed by atoms with Crippen molar-refractivity contribution in [1.29, 1.82) is 0 Å². The van der Waals surface area contributed by atoms with Crippen molar-refractivity contribution in [2.45, 2.75) is 18.5 Å². The molecule has 2 aromatic rings. The highest BCUT2D eigenvalue weighted by atomic mass is 79.9. The smallest absolute Gasteiger partial charge is 0.173 e. The van der Waals surface area contributed by atoms with Crippen molar-refractivity contribution < 1.29 is 0 Å². The summed E-state index contributed by atoms with van der Waals surface area (Å²) in [6.07, 6.45) is 2.90. The molecule has 2 aromatic heterocycles. The van der Waals surface area contributed by atoms with Gasteiger partial charge >= 0.3 is 0 Å². The van der Waals surface area contributed by atoms with Crippen LogP contribution in [-0.2, 0) is 0 Å². The molecule has 2 unspecified atom stereocenters. The Labute approximate surface area is 126 Å². The van der Waals surface area contributed by atoms with Crippen LogP contribution < -0.4 is 16.0 Å². The fourth-order valence-corrected chi connectivity index (χ4v) is 3.80. The van der Waals surface area contributed by atoms with Crippen LogP contribution in [0.5, 0.6) is 0 Å². The Morgan fingerprint density at radius 2 is 2.26 bits per heavy atom. The van der Waals surface area contributed by atoms with Crippen LogP contribution >= 0.6 is 31.9 Å². The Bertz CT molecular complexity index is 669. The minimum Gasteiger partial charge on any atom is -0.383 e. The number of nitrogens with zero attached hydrogens (tertiary/aromatic N) is 4. The molecule has 2 atom stereocenters. The highest BCUT2D eigenvalue weighted by Crippen LogP contribution is 2.37. The lowest BCUT2D eigenvalue weighted by atomic mass is 10.2. The molecule has 2 fully saturated rings. The van der Waals surface area contributed by atoms with E-state index in [1.54, 1.807) is 10.7 Å². The Morgan fingerprint density at radius 3 is 2.95 bits per heavy atom. The van der Waals surface area contributed by atoms with Gasteiger partial charge in [0.05, 0.1) is 10.7 Å². The Morgan fingerprint density at radius 1 is 1.42 bits per heavy atom. The van der Waals surface area contributed by atoms with Gasteiger partial charge in [0.25, 0.3) is 0 Å². The summed E-state index contributed by atoms with van der Waals surface area (Å²) in [5.41, 5.74) is 6.90. The third-order valence-corrected chi connectivity index (χ3v) is 5.21. The first-order valence-electron chi connectivity index (χ1n) is 6.13. The van der Waals surface area contributed by atoms with Gasteiger partial charge < -0.3 is 16.0 Å². The van der Waals surface area contributed by atoms with E-state index in [0.717, 1.165) is 33.5 Å². The normalized spacial score (nSPS) is 25.7. The molecule has 0 saturated carbocycles. The summed E-state index contributed by atoms with van der Waals surface area (Å²) in [5, 5.41) is 7.71. The van der Waals surface area contributed by atoms with Gasteiger partial charge in [-0.05, 0) is 38.3 Å². The third kappa shape index (κ3) is 1.63. The molecule has 0 aliphatic carbocycles. The number of aromatic nitrogens is 3. The second kappa shape index (κ2) is 4.07. The second-order valence-corrected chi connectivity index (χ2v) is 6.66. The first-order chi connectivity index (χ1) is 9.15. The van der Waals surface area contributed by atoms with E-state index in [1.165, 1.54) is 6.42 Å². The number of rotatable bonds is 1. The van der Waals surface area contributed by atoms with Crippen molar-refractivity contribution in [3.63, 3.8) is 0 Å². The average Bonchev–Trinajstić information content (AvgIpc) is 3.09. The van der Waals surface area contributed by atoms with Crippen LogP contribution in [0.25, 0.3) is 5.65 Å². The predicted octanol–water partition coefficient (Wildman–Crippen LogP) is 1.39. The van der Waals surface area contributed by atoms with Crippen LogP contribution in [0.15, 0.2) is 15.1 Å². The lowest BCUT2D eigenvalue weighted by Gasteiger charge is -2.29. The lowest BCUT2D eigenvalue weighted by Crippen LogP contribution is -2.44. The highest BCUT2D eigenvalue weighted by molar-refractivity contribution is 9.11. The summed E-state index contributed by atoms with van der Waals surface area (Å²) in [6, 6.07) is 1.09. The molecule has 2 aliphatic heterocycles. The Hall–Kier alpha value is -0.860. The number of fused-ring (bicyclic) bond motifs is 3. The van der Waals surface area contributed by atoms with Gasteiger partial charge in [0, 0.05) is 25.2 Å². The van der Waals surface area contributed by atoms with E-state index in [0.29, 0.717) is 17.9 Å². The summed E-state index contributed by atoms with van der Waals surface area (Å²) in [6.45, 7) is 2.00. The molecule has 6 nitrogen and oxygen atoms in total.